The van der Waals surface area contributed by atoms with Gasteiger partial charge >= 0.3 is 0 Å². The average Bonchev–Trinajstić information content (AvgIpc) is 2.32. The minimum Gasteiger partial charge on any atom is -0.492 e. The van der Waals surface area contributed by atoms with Crippen molar-refractivity contribution in [3.63, 3.8) is 0 Å². The van der Waals surface area contributed by atoms with Gasteiger partial charge in [0.1, 0.15) is 5.75 Å². The monoisotopic (exact) mass is 352 g/mol. The first-order valence-electron chi connectivity index (χ1n) is 5.41. The van der Waals surface area contributed by atoms with E-state index >= 15 is 0 Å². The lowest BCUT2D eigenvalue weighted by Crippen LogP contribution is -2.21. The van der Waals surface area contributed by atoms with Crippen LogP contribution in [0.15, 0.2) is 18.2 Å². The van der Waals surface area contributed by atoms with E-state index in [2.05, 4.69) is 22.6 Å². The highest BCUT2D eigenvalue weighted by molar-refractivity contribution is 14.1. The zero-order valence-electron chi connectivity index (χ0n) is 8.92. The van der Waals surface area contributed by atoms with Gasteiger partial charge in [-0.05, 0) is 59.5 Å². The van der Waals surface area contributed by atoms with Crippen LogP contribution in [0.1, 0.15) is 12.8 Å². The van der Waals surface area contributed by atoms with E-state index in [-0.39, 0.29) is 0 Å². The van der Waals surface area contributed by atoms with Gasteiger partial charge in [0.05, 0.1) is 10.2 Å². The van der Waals surface area contributed by atoms with Gasteiger partial charge in [-0.1, -0.05) is 11.6 Å². The normalized spacial score (nSPS) is 17.4. The minimum atomic E-state index is 0.614. The van der Waals surface area contributed by atoms with Crippen LogP contribution in [0.2, 0.25) is 5.02 Å². The fourth-order valence-corrected chi connectivity index (χ4v) is 2.36. The molecule has 0 saturated carbocycles. The molecule has 1 aromatic carbocycles. The van der Waals surface area contributed by atoms with Gasteiger partial charge in [-0.2, -0.15) is 0 Å². The lowest BCUT2D eigenvalue weighted by molar-refractivity contribution is 0.0496. The van der Waals surface area contributed by atoms with Crippen molar-refractivity contribution in [2.24, 2.45) is 5.92 Å². The molecule has 0 amide bonds. The second kappa shape index (κ2) is 6.07. The number of hydrogen-bond donors (Lipinski definition) is 0. The fourth-order valence-electron chi connectivity index (χ4n) is 1.71. The van der Waals surface area contributed by atoms with Gasteiger partial charge in [0.2, 0.25) is 0 Å². The third-order valence-corrected chi connectivity index (χ3v) is 3.83. The van der Waals surface area contributed by atoms with Crippen LogP contribution in [0, 0.1) is 9.49 Å². The van der Waals surface area contributed by atoms with E-state index in [1.54, 1.807) is 0 Å². The predicted molar refractivity (Wildman–Crippen MR) is 73.2 cm³/mol. The van der Waals surface area contributed by atoms with Crippen molar-refractivity contribution in [3.8, 4) is 5.75 Å². The highest BCUT2D eigenvalue weighted by Crippen LogP contribution is 2.26. The quantitative estimate of drug-likeness (QED) is 0.771. The Labute approximate surface area is 114 Å². The lowest BCUT2D eigenvalue weighted by Gasteiger charge is -2.22. The molecule has 1 aliphatic rings. The molecule has 1 aliphatic heterocycles. The highest BCUT2D eigenvalue weighted by Gasteiger charge is 2.15. The Balaban J connectivity index is 1.90. The SMILES string of the molecule is Clc1ccc(I)c(OCC2CCOCC2)c1. The summed E-state index contributed by atoms with van der Waals surface area (Å²) in [5.41, 5.74) is 0. The fraction of sp³-hybridized carbons (Fsp3) is 0.500. The van der Waals surface area contributed by atoms with E-state index in [0.29, 0.717) is 5.92 Å². The van der Waals surface area contributed by atoms with Crippen LogP contribution in [0.25, 0.3) is 0 Å². The Bertz CT molecular complexity index is 351. The molecule has 2 nitrogen and oxygen atoms in total. The molecule has 1 saturated heterocycles. The molecule has 1 aromatic rings. The Morgan fingerprint density at radius 3 is 2.88 bits per heavy atom. The Hall–Kier alpha value is -0.0000000000000000833. The van der Waals surface area contributed by atoms with Gasteiger partial charge in [0.15, 0.2) is 0 Å². The first-order valence-corrected chi connectivity index (χ1v) is 6.87. The van der Waals surface area contributed by atoms with E-state index in [0.717, 1.165) is 47.0 Å². The standard InChI is InChI=1S/C12H14ClIO2/c13-10-1-2-11(14)12(7-10)16-8-9-3-5-15-6-4-9/h1-2,7,9H,3-6,8H2. The maximum atomic E-state index is 5.94. The van der Waals surface area contributed by atoms with Gasteiger partial charge in [0.25, 0.3) is 0 Å². The van der Waals surface area contributed by atoms with Gasteiger partial charge in [-0.3, -0.25) is 0 Å². The van der Waals surface area contributed by atoms with E-state index in [1.165, 1.54) is 0 Å². The van der Waals surface area contributed by atoms with Crippen molar-refractivity contribution >= 4 is 34.2 Å². The third-order valence-electron chi connectivity index (χ3n) is 2.71. The van der Waals surface area contributed by atoms with Crippen LogP contribution < -0.4 is 4.74 Å². The third kappa shape index (κ3) is 3.50. The van der Waals surface area contributed by atoms with Crippen LogP contribution in [0.5, 0.6) is 5.75 Å². The maximum absolute atomic E-state index is 5.94. The van der Waals surface area contributed by atoms with Crippen molar-refractivity contribution < 1.29 is 9.47 Å². The molecule has 0 atom stereocenters. The zero-order chi connectivity index (χ0) is 11.4. The summed E-state index contributed by atoms with van der Waals surface area (Å²) in [5.74, 6) is 1.50. The van der Waals surface area contributed by atoms with E-state index < -0.39 is 0 Å². The minimum absolute atomic E-state index is 0.614. The summed E-state index contributed by atoms with van der Waals surface area (Å²) in [6.07, 6.45) is 2.19. The number of benzene rings is 1. The molecule has 0 unspecified atom stereocenters. The van der Waals surface area contributed by atoms with E-state index in [1.807, 2.05) is 18.2 Å². The molecule has 0 bridgehead atoms. The zero-order valence-corrected chi connectivity index (χ0v) is 11.8. The van der Waals surface area contributed by atoms with Gasteiger partial charge in [0, 0.05) is 18.2 Å². The molecule has 0 spiro atoms. The Morgan fingerprint density at radius 2 is 2.12 bits per heavy atom. The molecule has 2 rings (SSSR count). The lowest BCUT2D eigenvalue weighted by atomic mass is 10.0. The van der Waals surface area contributed by atoms with Crippen molar-refractivity contribution in [2.75, 3.05) is 19.8 Å². The number of ether oxygens (including phenoxy) is 2. The molecular weight excluding hydrogens is 338 g/mol. The molecule has 4 heteroatoms. The first kappa shape index (κ1) is 12.5. The van der Waals surface area contributed by atoms with Crippen LogP contribution in [0.3, 0.4) is 0 Å². The van der Waals surface area contributed by atoms with Crippen molar-refractivity contribution in [1.82, 2.24) is 0 Å². The average molecular weight is 353 g/mol. The maximum Gasteiger partial charge on any atom is 0.134 e. The van der Waals surface area contributed by atoms with Crippen molar-refractivity contribution in [2.45, 2.75) is 12.8 Å². The number of rotatable bonds is 3. The van der Waals surface area contributed by atoms with Gasteiger partial charge < -0.3 is 9.47 Å². The Kier molecular flexibility index (Phi) is 4.73. The summed E-state index contributed by atoms with van der Waals surface area (Å²) >= 11 is 8.20. The predicted octanol–water partition coefficient (Wildman–Crippen LogP) is 3.75. The van der Waals surface area contributed by atoms with Crippen molar-refractivity contribution in [3.05, 3.63) is 26.8 Å². The summed E-state index contributed by atoms with van der Waals surface area (Å²) in [5, 5.41) is 0.724. The summed E-state index contributed by atoms with van der Waals surface area (Å²) in [7, 11) is 0. The molecular formula is C12H14ClIO2. The Morgan fingerprint density at radius 1 is 1.38 bits per heavy atom. The largest absolute Gasteiger partial charge is 0.492 e. The summed E-state index contributed by atoms with van der Waals surface area (Å²) in [6.45, 7) is 2.49. The summed E-state index contributed by atoms with van der Waals surface area (Å²) in [4.78, 5) is 0. The van der Waals surface area contributed by atoms with E-state index in [9.17, 15) is 0 Å². The van der Waals surface area contributed by atoms with Crippen LogP contribution >= 0.6 is 34.2 Å². The first-order chi connectivity index (χ1) is 7.75. The molecule has 1 heterocycles. The highest BCUT2D eigenvalue weighted by atomic mass is 127. The van der Waals surface area contributed by atoms with Crippen LogP contribution in [0.4, 0.5) is 0 Å². The van der Waals surface area contributed by atoms with Crippen LogP contribution in [-0.2, 0) is 4.74 Å². The summed E-state index contributed by atoms with van der Waals surface area (Å²) in [6, 6.07) is 5.73. The van der Waals surface area contributed by atoms with E-state index in [4.69, 9.17) is 21.1 Å². The van der Waals surface area contributed by atoms with Gasteiger partial charge in [-0.15, -0.1) is 0 Å². The molecule has 0 N–H and O–H groups in total. The molecule has 88 valence electrons. The topological polar surface area (TPSA) is 18.5 Å². The smallest absolute Gasteiger partial charge is 0.134 e. The summed E-state index contributed by atoms with van der Waals surface area (Å²) < 4.78 is 12.2. The second-order valence-electron chi connectivity index (χ2n) is 3.94. The van der Waals surface area contributed by atoms with Crippen LogP contribution in [-0.4, -0.2) is 19.8 Å². The van der Waals surface area contributed by atoms with Gasteiger partial charge in [-0.25, -0.2) is 0 Å². The molecule has 16 heavy (non-hydrogen) atoms. The molecule has 0 radical (unpaired) electrons. The van der Waals surface area contributed by atoms with Crippen molar-refractivity contribution in [1.29, 1.82) is 0 Å². The molecule has 1 fully saturated rings. The second-order valence-corrected chi connectivity index (χ2v) is 5.54. The number of halogens is 2. The number of hydrogen-bond acceptors (Lipinski definition) is 2. The molecule has 0 aromatic heterocycles. The molecule has 0 aliphatic carbocycles.